The molecule has 17 heavy (non-hydrogen) atoms. The Morgan fingerprint density at radius 2 is 2.35 bits per heavy atom. The monoisotopic (exact) mass is 298 g/mol. The van der Waals surface area contributed by atoms with E-state index in [0.29, 0.717) is 0 Å². The molecule has 92 valence electrons. The van der Waals surface area contributed by atoms with Gasteiger partial charge >= 0.3 is 5.97 Å². The summed E-state index contributed by atoms with van der Waals surface area (Å²) in [5.74, 6) is -0.796. The number of hydrogen-bond acceptors (Lipinski definition) is 3. The molecule has 1 aliphatic heterocycles. The van der Waals surface area contributed by atoms with Gasteiger partial charge in [-0.05, 0) is 47.0 Å². The number of rotatable bonds is 2. The van der Waals surface area contributed by atoms with Crippen molar-refractivity contribution in [1.29, 1.82) is 0 Å². The van der Waals surface area contributed by atoms with E-state index in [-0.39, 0.29) is 6.54 Å². The summed E-state index contributed by atoms with van der Waals surface area (Å²) in [6.07, 6.45) is 0.938. The van der Waals surface area contributed by atoms with E-state index in [1.165, 1.54) is 0 Å². The van der Waals surface area contributed by atoms with Crippen molar-refractivity contribution in [2.24, 2.45) is 0 Å². The van der Waals surface area contributed by atoms with Crippen LogP contribution >= 0.6 is 15.9 Å². The summed E-state index contributed by atoms with van der Waals surface area (Å²) in [7, 11) is 0. The lowest BCUT2D eigenvalue weighted by Gasteiger charge is -2.23. The predicted octanol–water partition coefficient (Wildman–Crippen LogP) is 2.46. The number of fused-ring (bicyclic) bond motifs is 1. The molecule has 4 nitrogen and oxygen atoms in total. The van der Waals surface area contributed by atoms with Crippen LogP contribution in [0.3, 0.4) is 0 Å². The SMILES string of the molecule is Cc1cc(Br)c2c(c1)N(CC(=O)O)CCCN2. The van der Waals surface area contributed by atoms with E-state index in [2.05, 4.69) is 21.2 Å². The first-order valence-corrected chi connectivity index (χ1v) is 6.38. The summed E-state index contributed by atoms with van der Waals surface area (Å²) in [5, 5.41) is 12.3. The molecule has 0 aromatic heterocycles. The molecule has 0 unspecified atom stereocenters. The zero-order valence-electron chi connectivity index (χ0n) is 9.66. The Balaban J connectivity index is 2.43. The molecule has 0 fully saturated rings. The van der Waals surface area contributed by atoms with E-state index >= 15 is 0 Å². The molecule has 1 heterocycles. The van der Waals surface area contributed by atoms with Crippen molar-refractivity contribution >= 4 is 33.3 Å². The summed E-state index contributed by atoms with van der Waals surface area (Å²) >= 11 is 3.52. The third-order valence-electron chi connectivity index (χ3n) is 2.79. The fourth-order valence-corrected chi connectivity index (χ4v) is 2.78. The van der Waals surface area contributed by atoms with E-state index < -0.39 is 5.97 Å². The van der Waals surface area contributed by atoms with Crippen LogP contribution in [0.5, 0.6) is 0 Å². The van der Waals surface area contributed by atoms with Gasteiger partial charge in [-0.1, -0.05) is 0 Å². The summed E-state index contributed by atoms with van der Waals surface area (Å²) in [6.45, 7) is 3.69. The number of nitrogens with zero attached hydrogens (tertiary/aromatic N) is 1. The molecule has 0 spiro atoms. The topological polar surface area (TPSA) is 52.6 Å². The predicted molar refractivity (Wildman–Crippen MR) is 71.8 cm³/mol. The first-order chi connectivity index (χ1) is 8.08. The Labute approximate surface area is 109 Å². The van der Waals surface area contributed by atoms with E-state index in [9.17, 15) is 4.79 Å². The van der Waals surface area contributed by atoms with E-state index in [0.717, 1.165) is 40.9 Å². The molecular weight excluding hydrogens is 284 g/mol. The molecule has 0 amide bonds. The maximum atomic E-state index is 10.9. The Bertz CT molecular complexity index is 448. The molecular formula is C12H15BrN2O2. The van der Waals surface area contributed by atoms with Crippen LogP contribution in [0.15, 0.2) is 16.6 Å². The normalized spacial score (nSPS) is 14.8. The van der Waals surface area contributed by atoms with Gasteiger partial charge in [-0.2, -0.15) is 0 Å². The third-order valence-corrected chi connectivity index (χ3v) is 3.41. The Morgan fingerprint density at radius 1 is 1.59 bits per heavy atom. The minimum absolute atomic E-state index is 0.0462. The number of hydrogen-bond donors (Lipinski definition) is 2. The largest absolute Gasteiger partial charge is 0.480 e. The van der Waals surface area contributed by atoms with Crippen molar-refractivity contribution in [3.8, 4) is 0 Å². The number of carboxylic acids is 1. The zero-order valence-corrected chi connectivity index (χ0v) is 11.2. The number of carbonyl (C=O) groups is 1. The number of carboxylic acid groups (broad SMARTS) is 1. The Kier molecular flexibility index (Phi) is 3.57. The lowest BCUT2D eigenvalue weighted by Crippen LogP contribution is -2.30. The second-order valence-corrected chi connectivity index (χ2v) is 5.09. The second kappa shape index (κ2) is 4.96. The molecule has 2 N–H and O–H groups in total. The lowest BCUT2D eigenvalue weighted by molar-refractivity contribution is -0.135. The first kappa shape index (κ1) is 12.2. The van der Waals surface area contributed by atoms with Crippen LogP contribution in [0.4, 0.5) is 11.4 Å². The summed E-state index contributed by atoms with van der Waals surface area (Å²) in [6, 6.07) is 4.07. The average molecular weight is 299 g/mol. The highest BCUT2D eigenvalue weighted by molar-refractivity contribution is 9.10. The van der Waals surface area contributed by atoms with Crippen LogP contribution in [0.1, 0.15) is 12.0 Å². The maximum Gasteiger partial charge on any atom is 0.323 e. The van der Waals surface area contributed by atoms with Gasteiger partial charge < -0.3 is 15.3 Å². The van der Waals surface area contributed by atoms with Crippen LogP contribution in [-0.2, 0) is 4.79 Å². The van der Waals surface area contributed by atoms with Crippen molar-refractivity contribution in [2.75, 3.05) is 29.9 Å². The van der Waals surface area contributed by atoms with E-state index in [1.54, 1.807) is 0 Å². The molecule has 1 aromatic carbocycles. The van der Waals surface area contributed by atoms with Gasteiger partial charge in [0.1, 0.15) is 6.54 Å². The number of halogens is 1. The van der Waals surface area contributed by atoms with Crippen LogP contribution < -0.4 is 10.2 Å². The van der Waals surface area contributed by atoms with Crippen molar-refractivity contribution in [3.05, 3.63) is 22.2 Å². The van der Waals surface area contributed by atoms with Crippen molar-refractivity contribution in [2.45, 2.75) is 13.3 Å². The van der Waals surface area contributed by atoms with Gasteiger partial charge in [0, 0.05) is 17.6 Å². The number of anilines is 2. The minimum atomic E-state index is -0.796. The fraction of sp³-hybridized carbons (Fsp3) is 0.417. The summed E-state index contributed by atoms with van der Waals surface area (Å²) in [4.78, 5) is 12.8. The second-order valence-electron chi connectivity index (χ2n) is 4.24. The van der Waals surface area contributed by atoms with Gasteiger partial charge in [-0.15, -0.1) is 0 Å². The highest BCUT2D eigenvalue weighted by Crippen LogP contribution is 2.36. The van der Waals surface area contributed by atoms with Gasteiger partial charge in [0.2, 0.25) is 0 Å². The number of nitrogens with one attached hydrogen (secondary N) is 1. The van der Waals surface area contributed by atoms with Crippen LogP contribution in [-0.4, -0.2) is 30.7 Å². The number of benzene rings is 1. The summed E-state index contributed by atoms with van der Waals surface area (Å²) in [5.41, 5.74) is 3.08. The molecule has 0 saturated heterocycles. The van der Waals surface area contributed by atoms with Gasteiger partial charge in [0.15, 0.2) is 0 Å². The summed E-state index contributed by atoms with van der Waals surface area (Å²) < 4.78 is 0.991. The zero-order chi connectivity index (χ0) is 12.4. The number of aryl methyl sites for hydroxylation is 1. The molecule has 0 saturated carbocycles. The van der Waals surface area contributed by atoms with E-state index in [1.807, 2.05) is 24.0 Å². The molecule has 0 radical (unpaired) electrons. The fourth-order valence-electron chi connectivity index (χ4n) is 2.08. The van der Waals surface area contributed by atoms with Crippen molar-refractivity contribution < 1.29 is 9.90 Å². The highest BCUT2D eigenvalue weighted by atomic mass is 79.9. The van der Waals surface area contributed by atoms with Crippen molar-refractivity contribution in [1.82, 2.24) is 0 Å². The minimum Gasteiger partial charge on any atom is -0.480 e. The third kappa shape index (κ3) is 2.72. The van der Waals surface area contributed by atoms with Crippen LogP contribution in [0.25, 0.3) is 0 Å². The molecule has 0 bridgehead atoms. The van der Waals surface area contributed by atoms with Gasteiger partial charge in [0.25, 0.3) is 0 Å². The smallest absolute Gasteiger partial charge is 0.323 e. The molecule has 0 aliphatic carbocycles. The first-order valence-electron chi connectivity index (χ1n) is 5.58. The molecule has 1 aliphatic rings. The Hall–Kier alpha value is -1.23. The van der Waals surface area contributed by atoms with Gasteiger partial charge in [0.05, 0.1) is 11.4 Å². The van der Waals surface area contributed by atoms with Crippen LogP contribution in [0.2, 0.25) is 0 Å². The quantitative estimate of drug-likeness (QED) is 0.881. The van der Waals surface area contributed by atoms with Crippen molar-refractivity contribution in [3.63, 3.8) is 0 Å². The maximum absolute atomic E-state index is 10.9. The molecule has 0 atom stereocenters. The van der Waals surface area contributed by atoms with Gasteiger partial charge in [-0.25, -0.2) is 0 Å². The molecule has 5 heteroatoms. The standard InChI is InChI=1S/C12H15BrN2O2/c1-8-5-9(13)12-10(6-8)15(7-11(16)17)4-2-3-14-12/h5-6,14H,2-4,7H2,1H3,(H,16,17). The lowest BCUT2D eigenvalue weighted by atomic mass is 10.1. The van der Waals surface area contributed by atoms with Gasteiger partial charge in [-0.3, -0.25) is 4.79 Å². The van der Waals surface area contributed by atoms with E-state index in [4.69, 9.17) is 5.11 Å². The highest BCUT2D eigenvalue weighted by Gasteiger charge is 2.19. The number of aliphatic carboxylic acids is 1. The van der Waals surface area contributed by atoms with Crippen LogP contribution in [0, 0.1) is 6.92 Å². The Morgan fingerprint density at radius 3 is 3.06 bits per heavy atom. The molecule has 1 aromatic rings. The molecule has 2 rings (SSSR count). The average Bonchev–Trinajstić information content (AvgIpc) is 2.41.